The molecule has 0 saturated carbocycles. The molecule has 39 heavy (non-hydrogen) atoms. The lowest BCUT2D eigenvalue weighted by Crippen LogP contribution is -2.39. The number of nitrogens with zero attached hydrogens (tertiary/aromatic N) is 3. The normalized spacial score (nSPS) is 12.7. The number of aromatic amines is 1. The molecule has 202 valence electrons. The van der Waals surface area contributed by atoms with Crippen LogP contribution < -0.4 is 5.32 Å². The fourth-order valence-electron chi connectivity index (χ4n) is 4.56. The zero-order valence-electron chi connectivity index (χ0n) is 21.7. The van der Waals surface area contributed by atoms with E-state index in [1.807, 2.05) is 42.8 Å². The summed E-state index contributed by atoms with van der Waals surface area (Å²) in [5.74, 6) is 0.555. The molecule has 4 aromatic heterocycles. The highest BCUT2D eigenvalue weighted by atomic mass is 32.2. The average Bonchev–Trinajstić information content (AvgIpc) is 3.67. The fraction of sp³-hybridized carbons (Fsp3) is 0.250. The van der Waals surface area contributed by atoms with Crippen molar-refractivity contribution in [2.75, 3.05) is 12.9 Å². The number of H-pyrrole nitrogens is 1. The van der Waals surface area contributed by atoms with Gasteiger partial charge in [-0.05, 0) is 53.6 Å². The van der Waals surface area contributed by atoms with Gasteiger partial charge >= 0.3 is 0 Å². The predicted octanol–water partition coefficient (Wildman–Crippen LogP) is 4.66. The number of rotatable bonds is 9. The molecule has 1 amide bonds. The van der Waals surface area contributed by atoms with Crippen LogP contribution >= 0.6 is 11.3 Å². The Morgan fingerprint density at radius 1 is 1.15 bits per heavy atom. The van der Waals surface area contributed by atoms with E-state index in [2.05, 4.69) is 15.3 Å². The Labute approximate surface area is 230 Å². The fourth-order valence-corrected chi connectivity index (χ4v) is 5.83. The number of carbonyl (C=O) groups is 1. The van der Waals surface area contributed by atoms with Crippen LogP contribution in [0.15, 0.2) is 70.5 Å². The van der Waals surface area contributed by atoms with Gasteiger partial charge in [0.2, 0.25) is 0 Å². The average molecular weight is 564 g/mol. The first-order chi connectivity index (χ1) is 18.7. The number of aliphatic hydroxyl groups is 1. The minimum Gasteiger partial charge on any atom is -0.394 e. The molecule has 9 nitrogen and oxygen atoms in total. The van der Waals surface area contributed by atoms with Crippen molar-refractivity contribution in [1.29, 1.82) is 0 Å². The van der Waals surface area contributed by atoms with Crippen molar-refractivity contribution in [2.24, 2.45) is 5.92 Å². The molecule has 0 aliphatic carbocycles. The predicted molar refractivity (Wildman–Crippen MR) is 152 cm³/mol. The quantitative estimate of drug-likeness (QED) is 0.239. The summed E-state index contributed by atoms with van der Waals surface area (Å²) in [6.45, 7) is 3.94. The Bertz CT molecular complexity index is 1720. The van der Waals surface area contributed by atoms with Crippen LogP contribution in [0.25, 0.3) is 39.5 Å². The molecule has 0 spiro atoms. The lowest BCUT2D eigenvalue weighted by atomic mass is 10.0. The van der Waals surface area contributed by atoms with Gasteiger partial charge in [0.15, 0.2) is 9.84 Å². The monoisotopic (exact) mass is 563 g/mol. The molecule has 5 aromatic rings. The van der Waals surface area contributed by atoms with Crippen molar-refractivity contribution >= 4 is 32.7 Å². The lowest BCUT2D eigenvalue weighted by Gasteiger charge is -2.18. The summed E-state index contributed by atoms with van der Waals surface area (Å²) < 4.78 is 25.4. The van der Waals surface area contributed by atoms with Crippen LogP contribution in [-0.4, -0.2) is 57.7 Å². The molecule has 0 unspecified atom stereocenters. The first-order valence-electron chi connectivity index (χ1n) is 12.5. The second kappa shape index (κ2) is 10.8. The Kier molecular flexibility index (Phi) is 7.39. The molecule has 3 N–H and O–H groups in total. The van der Waals surface area contributed by atoms with Gasteiger partial charge in [0.25, 0.3) is 5.91 Å². The number of sulfone groups is 1. The van der Waals surface area contributed by atoms with Crippen LogP contribution in [0.3, 0.4) is 0 Å². The summed E-state index contributed by atoms with van der Waals surface area (Å²) in [6, 6.07) is 11.9. The van der Waals surface area contributed by atoms with Gasteiger partial charge in [0.1, 0.15) is 22.9 Å². The van der Waals surface area contributed by atoms with Crippen molar-refractivity contribution < 1.29 is 18.3 Å². The Balaban J connectivity index is 1.57. The number of amides is 1. The second-order valence-electron chi connectivity index (χ2n) is 9.86. The number of imidazole rings is 2. The van der Waals surface area contributed by atoms with E-state index in [0.717, 1.165) is 11.1 Å². The van der Waals surface area contributed by atoms with Gasteiger partial charge in [-0.15, -0.1) is 0 Å². The number of fused-ring (bicyclic) bond motifs is 1. The summed E-state index contributed by atoms with van der Waals surface area (Å²) in [5.41, 5.74) is 4.52. The van der Waals surface area contributed by atoms with E-state index in [1.165, 1.54) is 17.6 Å². The van der Waals surface area contributed by atoms with Gasteiger partial charge in [-0.1, -0.05) is 26.0 Å². The molecule has 0 saturated heterocycles. The summed E-state index contributed by atoms with van der Waals surface area (Å²) in [5, 5.41) is 16.7. The van der Waals surface area contributed by atoms with Gasteiger partial charge in [0.05, 0.1) is 35.0 Å². The maximum Gasteiger partial charge on any atom is 0.270 e. The number of aromatic nitrogens is 4. The maximum atomic E-state index is 13.6. The minimum atomic E-state index is -3.29. The number of carbonyl (C=O) groups excluding carboxylic acids is 1. The van der Waals surface area contributed by atoms with Gasteiger partial charge in [0, 0.05) is 23.4 Å². The standard InChI is InChI=1S/C28H29N5O4S2/c1-17(2)13-20(15-34)30-28(35)25-24(19-10-12-38-16-19)32-27-22(5-4-11-33(25)27)26-29-14-23(31-26)18-6-8-21(9-7-18)39(3,36)37/h4-12,14,16-17,20,34H,13,15H2,1-3H3,(H,29,31)(H,30,35)/t20-/m0/s1. The van der Waals surface area contributed by atoms with Gasteiger partial charge < -0.3 is 15.4 Å². The smallest absolute Gasteiger partial charge is 0.270 e. The topological polar surface area (TPSA) is 129 Å². The molecule has 0 bridgehead atoms. The molecular formula is C28H29N5O4S2. The van der Waals surface area contributed by atoms with Crippen molar-refractivity contribution in [3.8, 4) is 33.9 Å². The number of hydrogen-bond acceptors (Lipinski definition) is 7. The van der Waals surface area contributed by atoms with Gasteiger partial charge in [-0.2, -0.15) is 11.3 Å². The SMILES string of the molecule is CC(C)C[C@@H](CO)NC(=O)c1c(-c2ccsc2)nc2c(-c3ncc(-c4ccc(S(C)(=O)=O)cc4)[nH]3)cccn12. The molecule has 0 aliphatic rings. The van der Waals surface area contributed by atoms with Crippen LogP contribution in [0.5, 0.6) is 0 Å². The molecule has 0 radical (unpaired) electrons. The van der Waals surface area contributed by atoms with Crippen LogP contribution in [-0.2, 0) is 9.84 Å². The van der Waals surface area contributed by atoms with Crippen LogP contribution in [0.4, 0.5) is 0 Å². The minimum absolute atomic E-state index is 0.153. The van der Waals surface area contributed by atoms with Crippen molar-refractivity contribution in [3.05, 3.63) is 71.3 Å². The molecule has 4 heterocycles. The van der Waals surface area contributed by atoms with Gasteiger partial charge in [-0.3, -0.25) is 9.20 Å². The second-order valence-corrected chi connectivity index (χ2v) is 12.7. The number of nitrogens with one attached hydrogen (secondary N) is 2. The third-order valence-corrected chi connectivity index (χ3v) is 8.21. The Morgan fingerprint density at radius 3 is 2.56 bits per heavy atom. The van der Waals surface area contributed by atoms with E-state index < -0.39 is 9.84 Å². The highest BCUT2D eigenvalue weighted by Gasteiger charge is 2.25. The highest BCUT2D eigenvalue weighted by molar-refractivity contribution is 7.90. The summed E-state index contributed by atoms with van der Waals surface area (Å²) >= 11 is 1.52. The van der Waals surface area contributed by atoms with Crippen LogP contribution in [0.2, 0.25) is 0 Å². The first-order valence-corrected chi connectivity index (χ1v) is 15.3. The molecule has 0 fully saturated rings. The van der Waals surface area contributed by atoms with E-state index in [4.69, 9.17) is 4.98 Å². The molecule has 0 aliphatic heterocycles. The van der Waals surface area contributed by atoms with E-state index in [-0.39, 0.29) is 23.5 Å². The van der Waals surface area contributed by atoms with E-state index >= 15 is 0 Å². The first kappa shape index (κ1) is 26.8. The summed E-state index contributed by atoms with van der Waals surface area (Å²) in [4.78, 5) is 26.6. The third-order valence-electron chi connectivity index (χ3n) is 6.40. The summed E-state index contributed by atoms with van der Waals surface area (Å²) in [6.07, 6.45) is 5.30. The molecule has 11 heteroatoms. The van der Waals surface area contributed by atoms with Crippen molar-refractivity contribution in [3.63, 3.8) is 0 Å². The maximum absolute atomic E-state index is 13.6. The summed E-state index contributed by atoms with van der Waals surface area (Å²) in [7, 11) is -3.29. The number of pyridine rings is 1. The Hall–Kier alpha value is -3.80. The molecule has 1 aromatic carbocycles. The Morgan fingerprint density at radius 2 is 1.92 bits per heavy atom. The molecule has 5 rings (SSSR count). The number of benzene rings is 1. The molecular weight excluding hydrogens is 534 g/mol. The van der Waals surface area contributed by atoms with Crippen molar-refractivity contribution in [2.45, 2.75) is 31.2 Å². The lowest BCUT2D eigenvalue weighted by molar-refractivity contribution is 0.0903. The van der Waals surface area contributed by atoms with Crippen LogP contribution in [0, 0.1) is 5.92 Å². The van der Waals surface area contributed by atoms with E-state index in [1.54, 1.807) is 41.1 Å². The molecule has 1 atom stereocenters. The number of hydrogen-bond donors (Lipinski definition) is 3. The van der Waals surface area contributed by atoms with E-state index in [0.29, 0.717) is 46.5 Å². The zero-order valence-corrected chi connectivity index (χ0v) is 23.4. The van der Waals surface area contributed by atoms with Crippen LogP contribution in [0.1, 0.15) is 30.8 Å². The highest BCUT2D eigenvalue weighted by Crippen LogP contribution is 2.31. The third kappa shape index (κ3) is 5.51. The largest absolute Gasteiger partial charge is 0.394 e. The van der Waals surface area contributed by atoms with E-state index in [9.17, 15) is 18.3 Å². The van der Waals surface area contributed by atoms with Gasteiger partial charge in [-0.25, -0.2) is 18.4 Å². The zero-order chi connectivity index (χ0) is 27.7. The van der Waals surface area contributed by atoms with Crippen molar-refractivity contribution in [1.82, 2.24) is 24.7 Å². The number of aliphatic hydroxyl groups excluding tert-OH is 1. The number of thiophene rings is 1.